The van der Waals surface area contributed by atoms with Crippen LogP contribution in [0.3, 0.4) is 0 Å². The van der Waals surface area contributed by atoms with Crippen LogP contribution in [0.1, 0.15) is 11.1 Å². The van der Waals surface area contributed by atoms with Gasteiger partial charge in [-0.2, -0.15) is 0 Å². The molecule has 1 amide bonds. The van der Waals surface area contributed by atoms with Crippen molar-refractivity contribution in [3.63, 3.8) is 0 Å². The molecular weight excluding hydrogens is 286 g/mol. The molecule has 0 radical (unpaired) electrons. The largest absolute Gasteiger partial charge is 0.308 e. The molecule has 0 saturated carbocycles. The van der Waals surface area contributed by atoms with Crippen molar-refractivity contribution in [1.29, 1.82) is 0 Å². The molecule has 0 spiro atoms. The minimum atomic E-state index is -0.192. The quantitative estimate of drug-likeness (QED) is 0.886. The van der Waals surface area contributed by atoms with Gasteiger partial charge in [-0.1, -0.05) is 29.8 Å². The molecule has 1 N–H and O–H groups in total. The lowest BCUT2D eigenvalue weighted by Crippen LogP contribution is -2.25. The van der Waals surface area contributed by atoms with Crippen LogP contribution in [0.5, 0.6) is 0 Å². The maximum Gasteiger partial charge on any atom is 0.275 e. The fraction of sp³-hybridized carbons (Fsp3) is 0.0625. The molecule has 0 atom stereocenters. The van der Waals surface area contributed by atoms with Gasteiger partial charge < -0.3 is 5.32 Å². The third-order valence-corrected chi connectivity index (χ3v) is 3.27. The van der Waals surface area contributed by atoms with E-state index in [0.717, 1.165) is 11.1 Å². The Labute approximate surface area is 127 Å². The van der Waals surface area contributed by atoms with Crippen molar-refractivity contribution < 1.29 is 4.79 Å². The minimum Gasteiger partial charge on any atom is -0.308 e. The third kappa shape index (κ3) is 3.35. The molecule has 0 saturated heterocycles. The lowest BCUT2D eigenvalue weighted by molar-refractivity contribution is -0.115. The summed E-state index contributed by atoms with van der Waals surface area (Å²) in [7, 11) is 0. The van der Waals surface area contributed by atoms with E-state index in [1.54, 1.807) is 18.5 Å². The van der Waals surface area contributed by atoms with Gasteiger partial charge in [-0.05, 0) is 35.4 Å². The number of benzene rings is 1. The summed E-state index contributed by atoms with van der Waals surface area (Å²) >= 11 is 5.85. The lowest BCUT2D eigenvalue weighted by Gasteiger charge is -2.00. The lowest BCUT2D eigenvalue weighted by atomic mass is 10.1. The van der Waals surface area contributed by atoms with Crippen LogP contribution >= 0.6 is 11.6 Å². The van der Waals surface area contributed by atoms with Crippen LogP contribution in [0.15, 0.2) is 59.5 Å². The molecule has 3 rings (SSSR count). The van der Waals surface area contributed by atoms with E-state index >= 15 is 0 Å². The predicted octanol–water partition coefficient (Wildman–Crippen LogP) is 2.85. The van der Waals surface area contributed by atoms with E-state index < -0.39 is 0 Å². The van der Waals surface area contributed by atoms with Gasteiger partial charge in [-0.3, -0.25) is 9.78 Å². The molecule has 0 aliphatic carbocycles. The van der Waals surface area contributed by atoms with Gasteiger partial charge in [0.25, 0.3) is 5.91 Å². The maximum absolute atomic E-state index is 11.9. The van der Waals surface area contributed by atoms with Crippen LogP contribution in [0, 0.1) is 0 Å². The maximum atomic E-state index is 11.9. The van der Waals surface area contributed by atoms with Crippen LogP contribution in [0.4, 0.5) is 0 Å². The molecule has 2 aromatic rings. The second-order valence-electron chi connectivity index (χ2n) is 4.63. The zero-order chi connectivity index (χ0) is 14.7. The number of amidine groups is 1. The van der Waals surface area contributed by atoms with E-state index in [-0.39, 0.29) is 5.91 Å². The number of aliphatic imine (C=N–C) groups is 1. The van der Waals surface area contributed by atoms with Crippen molar-refractivity contribution in [2.45, 2.75) is 6.42 Å². The highest BCUT2D eigenvalue weighted by Crippen LogP contribution is 2.14. The number of hydrogen-bond acceptors (Lipinski definition) is 3. The SMILES string of the molecule is O=C1NC(Cc2ccc(Cl)cc2)=N/C1=C/c1cccnc1. The Balaban J connectivity index is 1.79. The van der Waals surface area contributed by atoms with Gasteiger partial charge in [0.1, 0.15) is 11.5 Å². The molecule has 0 fully saturated rings. The Morgan fingerprint density at radius 3 is 2.71 bits per heavy atom. The number of nitrogens with zero attached hydrogens (tertiary/aromatic N) is 2. The number of halogens is 1. The van der Waals surface area contributed by atoms with E-state index in [0.29, 0.717) is 23.0 Å². The third-order valence-electron chi connectivity index (χ3n) is 3.02. The first-order chi connectivity index (χ1) is 10.2. The molecule has 1 aliphatic heterocycles. The van der Waals surface area contributed by atoms with Gasteiger partial charge in [0, 0.05) is 23.8 Å². The van der Waals surface area contributed by atoms with Crippen molar-refractivity contribution >= 4 is 29.4 Å². The van der Waals surface area contributed by atoms with Crippen LogP contribution in [0.2, 0.25) is 5.02 Å². The Morgan fingerprint density at radius 1 is 1.19 bits per heavy atom. The van der Waals surface area contributed by atoms with E-state index in [1.165, 1.54) is 0 Å². The standard InChI is InChI=1S/C16H12ClN3O/c17-13-5-3-11(4-6-13)9-15-19-14(16(21)20-15)8-12-2-1-7-18-10-12/h1-8,10H,9H2,(H,19,20,21)/b14-8+. The number of hydrogen-bond donors (Lipinski definition) is 1. The van der Waals surface area contributed by atoms with E-state index in [1.807, 2.05) is 36.4 Å². The zero-order valence-corrected chi connectivity index (χ0v) is 11.8. The highest BCUT2D eigenvalue weighted by atomic mass is 35.5. The first kappa shape index (κ1) is 13.5. The van der Waals surface area contributed by atoms with Gasteiger partial charge in [-0.25, -0.2) is 4.99 Å². The highest BCUT2D eigenvalue weighted by Gasteiger charge is 2.19. The van der Waals surface area contributed by atoms with E-state index in [9.17, 15) is 4.79 Å². The molecule has 4 nitrogen and oxygen atoms in total. The van der Waals surface area contributed by atoms with Crippen LogP contribution < -0.4 is 5.32 Å². The summed E-state index contributed by atoms with van der Waals surface area (Å²) in [4.78, 5) is 20.2. The van der Waals surface area contributed by atoms with Gasteiger partial charge in [0.05, 0.1) is 0 Å². The summed E-state index contributed by atoms with van der Waals surface area (Å²) in [5.41, 5.74) is 2.28. The fourth-order valence-electron chi connectivity index (χ4n) is 2.02. The first-order valence-electron chi connectivity index (χ1n) is 6.46. The van der Waals surface area contributed by atoms with Gasteiger partial charge in [-0.15, -0.1) is 0 Å². The van der Waals surface area contributed by atoms with Crippen molar-refractivity contribution in [2.75, 3.05) is 0 Å². The number of nitrogens with one attached hydrogen (secondary N) is 1. The zero-order valence-electron chi connectivity index (χ0n) is 11.1. The number of amides is 1. The van der Waals surface area contributed by atoms with Crippen molar-refractivity contribution in [2.24, 2.45) is 4.99 Å². The topological polar surface area (TPSA) is 54.4 Å². The van der Waals surface area contributed by atoms with Crippen LogP contribution in [-0.2, 0) is 11.2 Å². The number of rotatable bonds is 3. The highest BCUT2D eigenvalue weighted by molar-refractivity contribution is 6.30. The predicted molar refractivity (Wildman–Crippen MR) is 82.9 cm³/mol. The Bertz CT molecular complexity index is 721. The summed E-state index contributed by atoms with van der Waals surface area (Å²) in [6.45, 7) is 0. The van der Waals surface area contributed by atoms with Gasteiger partial charge in [0.2, 0.25) is 0 Å². The molecule has 5 heteroatoms. The van der Waals surface area contributed by atoms with Crippen molar-refractivity contribution in [1.82, 2.24) is 10.3 Å². The summed E-state index contributed by atoms with van der Waals surface area (Å²) in [5.74, 6) is 0.445. The Morgan fingerprint density at radius 2 is 2.00 bits per heavy atom. The summed E-state index contributed by atoms with van der Waals surface area (Å²) in [5, 5.41) is 3.46. The van der Waals surface area contributed by atoms with E-state index in [4.69, 9.17) is 11.6 Å². The van der Waals surface area contributed by atoms with Crippen molar-refractivity contribution in [3.05, 3.63) is 70.6 Å². The molecular formula is C16H12ClN3O. The van der Waals surface area contributed by atoms with Crippen molar-refractivity contribution in [3.8, 4) is 0 Å². The minimum absolute atomic E-state index is 0.192. The number of carbonyl (C=O) groups excluding carboxylic acids is 1. The van der Waals surface area contributed by atoms with Crippen LogP contribution in [0.25, 0.3) is 6.08 Å². The average Bonchev–Trinajstić information content (AvgIpc) is 2.82. The Hall–Kier alpha value is -2.46. The fourth-order valence-corrected chi connectivity index (χ4v) is 2.14. The number of pyridine rings is 1. The Kier molecular flexibility index (Phi) is 3.79. The molecule has 0 unspecified atom stereocenters. The molecule has 1 aromatic heterocycles. The molecule has 1 aromatic carbocycles. The second-order valence-corrected chi connectivity index (χ2v) is 5.07. The normalized spacial score (nSPS) is 16.0. The molecule has 2 heterocycles. The number of carbonyl (C=O) groups is 1. The first-order valence-corrected chi connectivity index (χ1v) is 6.83. The number of aromatic nitrogens is 1. The smallest absolute Gasteiger partial charge is 0.275 e. The van der Waals surface area contributed by atoms with Gasteiger partial charge in [0.15, 0.2) is 0 Å². The second kappa shape index (κ2) is 5.89. The molecule has 104 valence electrons. The monoisotopic (exact) mass is 297 g/mol. The molecule has 0 bridgehead atoms. The average molecular weight is 298 g/mol. The van der Waals surface area contributed by atoms with E-state index in [2.05, 4.69) is 15.3 Å². The summed E-state index contributed by atoms with van der Waals surface area (Å²) < 4.78 is 0. The summed E-state index contributed by atoms with van der Waals surface area (Å²) in [6, 6.07) is 11.2. The molecule has 21 heavy (non-hydrogen) atoms. The van der Waals surface area contributed by atoms with Gasteiger partial charge >= 0.3 is 0 Å². The molecule has 1 aliphatic rings. The summed E-state index contributed by atoms with van der Waals surface area (Å²) in [6.07, 6.45) is 5.66. The van der Waals surface area contributed by atoms with Crippen LogP contribution in [-0.4, -0.2) is 16.7 Å².